The molecule has 3 fully saturated rings. The van der Waals surface area contributed by atoms with E-state index in [9.17, 15) is 0 Å². The molecule has 0 aromatic carbocycles. The molecule has 7 rings (SSSR count). The highest BCUT2D eigenvalue weighted by Gasteiger charge is 2.55. The first-order chi connectivity index (χ1) is 14.3. The Balaban J connectivity index is 0.929. The largest absolute Gasteiger partial charge is 0.353 e. The Hall–Kier alpha value is -1.43. The Morgan fingerprint density at radius 3 is 2.66 bits per heavy atom. The molecule has 0 spiro atoms. The summed E-state index contributed by atoms with van der Waals surface area (Å²) >= 11 is 5.98. The lowest BCUT2D eigenvalue weighted by atomic mass is 9.72. The number of halogens is 1. The second kappa shape index (κ2) is 7.36. The van der Waals surface area contributed by atoms with Crippen molar-refractivity contribution in [1.29, 1.82) is 0 Å². The number of aromatic nitrogens is 2. The Labute approximate surface area is 178 Å². The van der Waals surface area contributed by atoms with Crippen LogP contribution in [-0.4, -0.2) is 72.1 Å². The van der Waals surface area contributed by atoms with Crippen LogP contribution in [0.2, 0.25) is 5.15 Å². The number of anilines is 1. The molecule has 2 aliphatic heterocycles. The number of hydrogen-bond acceptors (Lipinski definition) is 5. The summed E-state index contributed by atoms with van der Waals surface area (Å²) in [5.41, 5.74) is 3.56. The van der Waals surface area contributed by atoms with Gasteiger partial charge in [0.25, 0.3) is 0 Å². The van der Waals surface area contributed by atoms with Gasteiger partial charge < -0.3 is 4.90 Å². The van der Waals surface area contributed by atoms with Gasteiger partial charge in [-0.05, 0) is 61.3 Å². The summed E-state index contributed by atoms with van der Waals surface area (Å²) < 4.78 is 0. The number of rotatable bonds is 6. The zero-order valence-corrected chi connectivity index (χ0v) is 17.8. The van der Waals surface area contributed by atoms with Crippen molar-refractivity contribution in [2.45, 2.75) is 19.3 Å². The van der Waals surface area contributed by atoms with E-state index in [1.807, 2.05) is 11.8 Å². The molecule has 1 saturated carbocycles. The van der Waals surface area contributed by atoms with Crippen LogP contribution in [0.3, 0.4) is 0 Å². The summed E-state index contributed by atoms with van der Waals surface area (Å²) in [6.07, 6.45) is 12.5. The van der Waals surface area contributed by atoms with Gasteiger partial charge in [0.2, 0.25) is 0 Å². The third-order valence-electron chi connectivity index (χ3n) is 7.85. The standard InChI is InChI=1S/C23H30ClN5/c24-22-12-25-13-23(26-22)29-9-7-27(8-10-29)5-1-2-6-28-14-20-16-3-4-17(21(20)15-28)19-11-18(16)19/h3-4,12-13,16,18-20H,1-2,5-11,14-15H2. The minimum Gasteiger partial charge on any atom is -0.353 e. The molecule has 154 valence electrons. The maximum absolute atomic E-state index is 5.98. The number of allylic oxidation sites excluding steroid dienone is 3. The zero-order chi connectivity index (χ0) is 19.4. The summed E-state index contributed by atoms with van der Waals surface area (Å²) in [6, 6.07) is 0. The highest BCUT2D eigenvalue weighted by Crippen LogP contribution is 2.62. The number of likely N-dealkylation sites (tertiary alicyclic amines) is 1. The third kappa shape index (κ3) is 3.41. The van der Waals surface area contributed by atoms with Gasteiger partial charge in [0.1, 0.15) is 11.0 Å². The van der Waals surface area contributed by atoms with Crippen molar-refractivity contribution < 1.29 is 0 Å². The van der Waals surface area contributed by atoms with Gasteiger partial charge in [-0.25, -0.2) is 4.98 Å². The van der Waals surface area contributed by atoms with Gasteiger partial charge in [0.15, 0.2) is 0 Å². The van der Waals surface area contributed by atoms with Crippen molar-refractivity contribution in [3.8, 4) is 0 Å². The van der Waals surface area contributed by atoms with Crippen LogP contribution in [-0.2, 0) is 0 Å². The van der Waals surface area contributed by atoms with Crippen molar-refractivity contribution in [2.24, 2.45) is 23.7 Å². The fourth-order valence-corrected chi connectivity index (χ4v) is 6.40. The highest BCUT2D eigenvalue weighted by atomic mass is 35.5. The molecule has 4 unspecified atom stereocenters. The molecule has 2 bridgehead atoms. The summed E-state index contributed by atoms with van der Waals surface area (Å²) in [7, 11) is 0. The van der Waals surface area contributed by atoms with Crippen LogP contribution in [0, 0.1) is 23.7 Å². The normalized spacial score (nSPS) is 33.3. The Kier molecular flexibility index (Phi) is 4.66. The minimum absolute atomic E-state index is 0.476. The molecular weight excluding hydrogens is 382 g/mol. The first kappa shape index (κ1) is 18.3. The van der Waals surface area contributed by atoms with E-state index >= 15 is 0 Å². The SMILES string of the molecule is Clc1cncc(N2CCN(CCCCN3CC4=C5C=CC(C4C3)C3CC53)CC2)n1. The molecule has 29 heavy (non-hydrogen) atoms. The van der Waals surface area contributed by atoms with E-state index in [0.29, 0.717) is 5.15 Å². The van der Waals surface area contributed by atoms with Crippen molar-refractivity contribution in [1.82, 2.24) is 19.8 Å². The molecule has 5 nitrogen and oxygen atoms in total. The fourth-order valence-electron chi connectivity index (χ4n) is 6.25. The number of piperazine rings is 1. The smallest absolute Gasteiger partial charge is 0.149 e. The van der Waals surface area contributed by atoms with E-state index in [2.05, 4.69) is 36.8 Å². The molecule has 4 aliphatic carbocycles. The van der Waals surface area contributed by atoms with Crippen LogP contribution in [0.1, 0.15) is 19.3 Å². The molecule has 1 aromatic heterocycles. The first-order valence-electron chi connectivity index (χ1n) is 11.3. The molecule has 3 heterocycles. The van der Waals surface area contributed by atoms with Crippen LogP contribution in [0.4, 0.5) is 5.82 Å². The van der Waals surface area contributed by atoms with Gasteiger partial charge in [0.05, 0.1) is 12.4 Å². The minimum atomic E-state index is 0.476. The maximum atomic E-state index is 5.98. The molecular formula is C23H30ClN5. The van der Waals surface area contributed by atoms with E-state index in [1.165, 1.54) is 45.4 Å². The van der Waals surface area contributed by atoms with Crippen molar-refractivity contribution in [3.05, 3.63) is 40.8 Å². The van der Waals surface area contributed by atoms with Crippen LogP contribution >= 0.6 is 11.6 Å². The third-order valence-corrected chi connectivity index (χ3v) is 8.03. The quantitative estimate of drug-likeness (QED) is 0.672. The van der Waals surface area contributed by atoms with Crippen LogP contribution in [0.15, 0.2) is 35.7 Å². The van der Waals surface area contributed by atoms with E-state index in [4.69, 9.17) is 11.6 Å². The van der Waals surface area contributed by atoms with Gasteiger partial charge in [-0.1, -0.05) is 23.8 Å². The topological polar surface area (TPSA) is 35.5 Å². The highest BCUT2D eigenvalue weighted by molar-refractivity contribution is 6.29. The van der Waals surface area contributed by atoms with E-state index < -0.39 is 0 Å². The fraction of sp³-hybridized carbons (Fsp3) is 0.652. The van der Waals surface area contributed by atoms with Gasteiger partial charge >= 0.3 is 0 Å². The maximum Gasteiger partial charge on any atom is 0.149 e. The summed E-state index contributed by atoms with van der Waals surface area (Å²) in [6.45, 7) is 9.29. The molecule has 2 saturated heterocycles. The van der Waals surface area contributed by atoms with Crippen molar-refractivity contribution in [3.63, 3.8) is 0 Å². The average Bonchev–Trinajstić information content (AvgIpc) is 3.45. The van der Waals surface area contributed by atoms with Crippen molar-refractivity contribution >= 4 is 17.4 Å². The number of unbranched alkanes of at least 4 members (excludes halogenated alkanes) is 1. The van der Waals surface area contributed by atoms with Gasteiger partial charge in [-0.3, -0.25) is 14.8 Å². The second-order valence-electron chi connectivity index (χ2n) is 9.50. The lowest BCUT2D eigenvalue weighted by molar-refractivity contribution is 0.240. The first-order valence-corrected chi connectivity index (χ1v) is 11.7. The van der Waals surface area contributed by atoms with E-state index in [1.54, 1.807) is 11.8 Å². The Morgan fingerprint density at radius 1 is 1.00 bits per heavy atom. The van der Waals surface area contributed by atoms with Crippen LogP contribution < -0.4 is 4.90 Å². The van der Waals surface area contributed by atoms with Gasteiger partial charge in [-0.2, -0.15) is 0 Å². The summed E-state index contributed by atoms with van der Waals surface area (Å²) in [4.78, 5) is 16.2. The molecule has 1 aromatic rings. The molecule has 0 amide bonds. The molecule has 6 heteroatoms. The lowest BCUT2D eigenvalue weighted by Crippen LogP contribution is -2.47. The molecule has 6 aliphatic rings. The van der Waals surface area contributed by atoms with Gasteiger partial charge in [0, 0.05) is 45.2 Å². The molecule has 0 radical (unpaired) electrons. The summed E-state index contributed by atoms with van der Waals surface area (Å²) in [5, 5.41) is 0.476. The van der Waals surface area contributed by atoms with Crippen LogP contribution in [0.25, 0.3) is 0 Å². The molecule has 0 N–H and O–H groups in total. The zero-order valence-electron chi connectivity index (χ0n) is 17.0. The Bertz CT molecular complexity index is 843. The predicted octanol–water partition coefficient (Wildman–Crippen LogP) is 3.10. The summed E-state index contributed by atoms with van der Waals surface area (Å²) in [5.74, 6) is 4.61. The average molecular weight is 412 g/mol. The Morgan fingerprint density at radius 2 is 1.83 bits per heavy atom. The van der Waals surface area contributed by atoms with Crippen LogP contribution in [0.5, 0.6) is 0 Å². The van der Waals surface area contributed by atoms with Gasteiger partial charge in [-0.15, -0.1) is 0 Å². The monoisotopic (exact) mass is 411 g/mol. The predicted molar refractivity (Wildman–Crippen MR) is 116 cm³/mol. The lowest BCUT2D eigenvalue weighted by Gasteiger charge is -2.35. The number of nitrogens with zero attached hydrogens (tertiary/aromatic N) is 5. The second-order valence-corrected chi connectivity index (χ2v) is 9.89. The van der Waals surface area contributed by atoms with E-state index in [0.717, 1.165) is 55.7 Å². The van der Waals surface area contributed by atoms with E-state index in [-0.39, 0.29) is 0 Å². The molecule has 4 atom stereocenters. The van der Waals surface area contributed by atoms with Crippen molar-refractivity contribution in [2.75, 3.05) is 57.3 Å². The number of hydrogen-bond donors (Lipinski definition) is 0.